The Balaban J connectivity index is 1.73. The van der Waals surface area contributed by atoms with E-state index in [2.05, 4.69) is 13.8 Å². The molecule has 6 heteroatoms. The molecule has 0 spiro atoms. The highest BCUT2D eigenvalue weighted by Crippen LogP contribution is 2.68. The van der Waals surface area contributed by atoms with Crippen molar-refractivity contribution in [1.82, 2.24) is 0 Å². The van der Waals surface area contributed by atoms with Crippen LogP contribution < -0.4 is 0 Å². The maximum Gasteiger partial charge on any atom is 0.0717 e. The summed E-state index contributed by atoms with van der Waals surface area (Å²) in [4.78, 5) is 0. The lowest BCUT2D eigenvalue weighted by atomic mass is 10.4. The van der Waals surface area contributed by atoms with Gasteiger partial charge in [0.05, 0.1) is 16.9 Å². The van der Waals surface area contributed by atoms with Crippen LogP contribution in [0, 0.1) is 0 Å². The summed E-state index contributed by atoms with van der Waals surface area (Å²) in [5.74, 6) is 2.61. The van der Waals surface area contributed by atoms with Crippen molar-refractivity contribution in [2.45, 2.75) is 20.3 Å². The summed E-state index contributed by atoms with van der Waals surface area (Å²) >= 11 is 12.0. The average Bonchev–Trinajstić information content (AvgIpc) is 2.87. The third-order valence-corrected chi connectivity index (χ3v) is 11.4. The van der Waals surface area contributed by atoms with Crippen molar-refractivity contribution in [3.8, 4) is 0 Å². The minimum atomic E-state index is 1.30. The van der Waals surface area contributed by atoms with Crippen molar-refractivity contribution in [3.05, 3.63) is 26.8 Å². The largest absolute Gasteiger partial charge is 0.118 e. The van der Waals surface area contributed by atoms with Crippen molar-refractivity contribution in [1.29, 1.82) is 0 Å². The zero-order chi connectivity index (χ0) is 11.8. The van der Waals surface area contributed by atoms with Gasteiger partial charge in [-0.25, -0.2) is 0 Å². The van der Waals surface area contributed by atoms with E-state index in [1.807, 2.05) is 70.6 Å². The molecule has 1 fully saturated rings. The van der Waals surface area contributed by atoms with Crippen LogP contribution in [0.2, 0.25) is 0 Å². The molecule has 0 unspecified atom stereocenters. The highest BCUT2D eigenvalue weighted by atomic mass is 32.3. The first-order chi connectivity index (χ1) is 8.24. The minimum absolute atomic E-state index is 1.30. The molecule has 1 saturated heterocycles. The smallest absolute Gasteiger partial charge is 0.0717 e. The summed E-state index contributed by atoms with van der Waals surface area (Å²) in [5.41, 5.74) is 1.45. The first-order valence-corrected chi connectivity index (χ1v) is 10.6. The van der Waals surface area contributed by atoms with Gasteiger partial charge < -0.3 is 0 Å². The maximum atomic E-state index is 2.21. The van der Waals surface area contributed by atoms with Crippen LogP contribution in [0.25, 0.3) is 0 Å². The Morgan fingerprint density at radius 2 is 1.29 bits per heavy atom. The zero-order valence-electron chi connectivity index (χ0n) is 9.57. The predicted octanol–water partition coefficient (Wildman–Crippen LogP) is 6.32. The van der Waals surface area contributed by atoms with E-state index in [1.54, 1.807) is 4.24 Å². The Labute approximate surface area is 128 Å². The second-order valence-electron chi connectivity index (χ2n) is 3.90. The Morgan fingerprint density at radius 3 is 1.82 bits per heavy atom. The van der Waals surface area contributed by atoms with Crippen molar-refractivity contribution in [2.75, 3.05) is 11.5 Å². The minimum Gasteiger partial charge on any atom is -0.118 e. The van der Waals surface area contributed by atoms with Gasteiger partial charge in [-0.2, -0.15) is 0 Å². The standard InChI is InChI=1S/C11H12S6/c1-6(2)7-14-10-11(15-7)17-9(16-10)8-12-4-3-5-13-8/h3-5H2,1-2H3. The van der Waals surface area contributed by atoms with Gasteiger partial charge in [-0.05, 0) is 31.8 Å². The van der Waals surface area contributed by atoms with Gasteiger partial charge in [-0.1, -0.05) is 52.6 Å². The van der Waals surface area contributed by atoms with E-state index in [-0.39, 0.29) is 0 Å². The summed E-state index contributed by atoms with van der Waals surface area (Å²) in [5, 5.41) is 0. The first-order valence-electron chi connectivity index (χ1n) is 5.37. The second kappa shape index (κ2) is 5.75. The molecule has 3 rings (SSSR count). The van der Waals surface area contributed by atoms with Crippen molar-refractivity contribution >= 4 is 70.6 Å². The Hall–Kier alpha value is 1.32. The summed E-state index contributed by atoms with van der Waals surface area (Å²) in [6.45, 7) is 4.41. The van der Waals surface area contributed by atoms with Gasteiger partial charge in [-0.15, -0.1) is 23.5 Å². The number of thioether (sulfide) groups is 6. The molecule has 17 heavy (non-hydrogen) atoms. The number of hydrogen-bond donors (Lipinski definition) is 0. The van der Waals surface area contributed by atoms with Gasteiger partial charge in [-0.3, -0.25) is 0 Å². The molecule has 0 aliphatic carbocycles. The number of allylic oxidation sites excluding steroid dienone is 1. The molecule has 0 aromatic carbocycles. The molecule has 0 bridgehead atoms. The molecule has 0 N–H and O–H groups in total. The van der Waals surface area contributed by atoms with E-state index in [1.165, 1.54) is 40.4 Å². The molecule has 0 aromatic heterocycles. The lowest BCUT2D eigenvalue weighted by molar-refractivity contribution is 1.12. The summed E-state index contributed by atoms with van der Waals surface area (Å²) in [7, 11) is 0. The molecule has 92 valence electrons. The molecule has 0 radical (unpaired) electrons. The van der Waals surface area contributed by atoms with Crippen LogP contribution in [0.5, 0.6) is 0 Å². The summed E-state index contributed by atoms with van der Waals surface area (Å²) in [6, 6.07) is 0. The fraction of sp³-hybridized carbons (Fsp3) is 0.455. The topological polar surface area (TPSA) is 0 Å². The molecule has 0 nitrogen and oxygen atoms in total. The Morgan fingerprint density at radius 1 is 0.765 bits per heavy atom. The van der Waals surface area contributed by atoms with E-state index in [4.69, 9.17) is 0 Å². The maximum absolute atomic E-state index is 2.21. The van der Waals surface area contributed by atoms with Gasteiger partial charge >= 0.3 is 0 Å². The van der Waals surface area contributed by atoms with E-state index < -0.39 is 0 Å². The summed E-state index contributed by atoms with van der Waals surface area (Å²) < 4.78 is 7.64. The van der Waals surface area contributed by atoms with Crippen LogP contribution >= 0.6 is 70.6 Å². The molecule has 0 amide bonds. The normalized spacial score (nSPS) is 24.7. The van der Waals surface area contributed by atoms with Crippen LogP contribution in [0.1, 0.15) is 20.3 Å². The van der Waals surface area contributed by atoms with Crippen LogP contribution in [-0.2, 0) is 0 Å². The molecular formula is C11H12S6. The zero-order valence-corrected chi connectivity index (χ0v) is 14.5. The monoisotopic (exact) mass is 336 g/mol. The van der Waals surface area contributed by atoms with Gasteiger partial charge in [0.1, 0.15) is 0 Å². The number of rotatable bonds is 0. The fourth-order valence-electron chi connectivity index (χ4n) is 1.42. The third-order valence-electron chi connectivity index (χ3n) is 2.24. The van der Waals surface area contributed by atoms with Crippen molar-refractivity contribution in [2.24, 2.45) is 0 Å². The van der Waals surface area contributed by atoms with E-state index in [0.717, 1.165) is 0 Å². The molecular weight excluding hydrogens is 325 g/mol. The highest BCUT2D eigenvalue weighted by Gasteiger charge is 2.32. The Bertz CT molecular complexity index is 411. The van der Waals surface area contributed by atoms with Crippen molar-refractivity contribution in [3.63, 3.8) is 0 Å². The molecule has 0 atom stereocenters. The highest BCUT2D eigenvalue weighted by molar-refractivity contribution is 8.48. The fourth-order valence-corrected chi connectivity index (χ4v) is 10.7. The van der Waals surface area contributed by atoms with E-state index in [0.29, 0.717) is 0 Å². The van der Waals surface area contributed by atoms with Gasteiger partial charge in [0.15, 0.2) is 0 Å². The average molecular weight is 337 g/mol. The molecule has 0 saturated carbocycles. The quantitative estimate of drug-likeness (QED) is 0.504. The van der Waals surface area contributed by atoms with Gasteiger partial charge in [0.2, 0.25) is 0 Å². The van der Waals surface area contributed by atoms with Gasteiger partial charge in [0, 0.05) is 4.24 Å². The summed E-state index contributed by atoms with van der Waals surface area (Å²) in [6.07, 6.45) is 1.36. The van der Waals surface area contributed by atoms with E-state index >= 15 is 0 Å². The molecule has 3 aliphatic rings. The lowest BCUT2D eigenvalue weighted by Crippen LogP contribution is -1.92. The van der Waals surface area contributed by atoms with Gasteiger partial charge in [0.25, 0.3) is 0 Å². The van der Waals surface area contributed by atoms with Crippen LogP contribution in [-0.4, -0.2) is 11.5 Å². The second-order valence-corrected chi connectivity index (χ2v) is 11.5. The number of hydrogen-bond acceptors (Lipinski definition) is 6. The first kappa shape index (κ1) is 13.3. The molecule has 3 aliphatic heterocycles. The molecule has 0 aromatic rings. The Kier molecular flexibility index (Phi) is 4.50. The van der Waals surface area contributed by atoms with Crippen LogP contribution in [0.15, 0.2) is 26.8 Å². The molecule has 3 heterocycles. The van der Waals surface area contributed by atoms with Crippen molar-refractivity contribution < 1.29 is 0 Å². The predicted molar refractivity (Wildman–Crippen MR) is 92.3 cm³/mol. The third kappa shape index (κ3) is 2.92. The van der Waals surface area contributed by atoms with Crippen LogP contribution in [0.4, 0.5) is 0 Å². The van der Waals surface area contributed by atoms with Crippen LogP contribution in [0.3, 0.4) is 0 Å². The SMILES string of the molecule is CC(C)=C1SC2=C(S1)SC(=C1SCCCS1)S2. The lowest BCUT2D eigenvalue weighted by Gasteiger charge is -2.15. The van der Waals surface area contributed by atoms with E-state index in [9.17, 15) is 0 Å².